The Morgan fingerprint density at radius 3 is 2.12 bits per heavy atom. The molecule has 0 aromatic heterocycles. The van der Waals surface area contributed by atoms with Gasteiger partial charge in [-0.2, -0.15) is 11.8 Å². The lowest BCUT2D eigenvalue weighted by molar-refractivity contribution is -0.142. The topological polar surface area (TPSA) is 194 Å². The van der Waals surface area contributed by atoms with Gasteiger partial charge in [0.25, 0.3) is 0 Å². The van der Waals surface area contributed by atoms with Crippen molar-refractivity contribution in [2.45, 2.75) is 50.4 Å². The second-order valence-electron chi connectivity index (χ2n) is 7.44. The number of thioether (sulfide) groups is 1. The molecule has 0 aliphatic carbocycles. The Hall–Kier alpha value is -3.12. The van der Waals surface area contributed by atoms with Crippen molar-refractivity contribution in [1.29, 1.82) is 0 Å². The number of carboxylic acid groups (broad SMARTS) is 1. The van der Waals surface area contributed by atoms with Crippen LogP contribution in [0.25, 0.3) is 0 Å². The summed E-state index contributed by atoms with van der Waals surface area (Å²) < 4.78 is 0. The minimum Gasteiger partial charge on any atom is -0.480 e. The van der Waals surface area contributed by atoms with E-state index in [4.69, 9.17) is 11.5 Å². The van der Waals surface area contributed by atoms with Crippen molar-refractivity contribution in [3.05, 3.63) is 35.9 Å². The Labute approximate surface area is 196 Å². The smallest absolute Gasteiger partial charge is 0.326 e. The van der Waals surface area contributed by atoms with E-state index in [9.17, 15) is 29.1 Å². The second-order valence-corrected chi connectivity index (χ2v) is 8.42. The lowest BCUT2D eigenvalue weighted by Gasteiger charge is -2.23. The number of primary amides is 1. The van der Waals surface area contributed by atoms with E-state index in [-0.39, 0.29) is 12.8 Å². The second kappa shape index (κ2) is 14.1. The van der Waals surface area contributed by atoms with E-state index in [1.165, 1.54) is 18.7 Å². The summed E-state index contributed by atoms with van der Waals surface area (Å²) in [7, 11) is 0. The van der Waals surface area contributed by atoms with E-state index in [2.05, 4.69) is 16.0 Å². The number of nitrogens with two attached hydrogens (primary N) is 2. The van der Waals surface area contributed by atoms with Gasteiger partial charge in [0.15, 0.2) is 0 Å². The van der Waals surface area contributed by atoms with Crippen molar-refractivity contribution in [3.8, 4) is 0 Å². The van der Waals surface area contributed by atoms with Crippen LogP contribution < -0.4 is 27.4 Å². The molecule has 8 N–H and O–H groups in total. The van der Waals surface area contributed by atoms with Crippen molar-refractivity contribution < 1.29 is 29.1 Å². The highest BCUT2D eigenvalue weighted by atomic mass is 32.2. The van der Waals surface area contributed by atoms with Crippen molar-refractivity contribution in [2.75, 3.05) is 12.0 Å². The number of rotatable bonds is 14. The first-order valence-electron chi connectivity index (χ1n) is 10.3. The first-order valence-corrected chi connectivity index (χ1v) is 11.6. The monoisotopic (exact) mass is 481 g/mol. The Balaban J connectivity index is 2.88. The van der Waals surface area contributed by atoms with Gasteiger partial charge in [-0.3, -0.25) is 19.2 Å². The molecular weight excluding hydrogens is 450 g/mol. The van der Waals surface area contributed by atoms with Crippen molar-refractivity contribution >= 4 is 41.4 Å². The van der Waals surface area contributed by atoms with Crippen LogP contribution in [0.1, 0.15) is 25.3 Å². The maximum Gasteiger partial charge on any atom is 0.326 e. The van der Waals surface area contributed by atoms with Crippen LogP contribution in [0.3, 0.4) is 0 Å². The van der Waals surface area contributed by atoms with Gasteiger partial charge in [0.2, 0.25) is 23.6 Å². The first kappa shape index (κ1) is 27.9. The quantitative estimate of drug-likeness (QED) is 0.189. The van der Waals surface area contributed by atoms with Gasteiger partial charge in [-0.05, 0) is 30.9 Å². The van der Waals surface area contributed by atoms with Crippen molar-refractivity contribution in [3.63, 3.8) is 0 Å². The lowest BCUT2D eigenvalue weighted by Crippen LogP contribution is -2.57. The summed E-state index contributed by atoms with van der Waals surface area (Å²) in [6, 6.07) is 4.36. The third-order valence-electron chi connectivity index (χ3n) is 4.65. The highest BCUT2D eigenvalue weighted by Gasteiger charge is 2.28. The molecule has 0 saturated carbocycles. The zero-order valence-corrected chi connectivity index (χ0v) is 19.4. The number of nitrogens with one attached hydrogen (secondary N) is 3. The fourth-order valence-corrected chi connectivity index (χ4v) is 3.29. The molecule has 4 atom stereocenters. The summed E-state index contributed by atoms with van der Waals surface area (Å²) in [5, 5.41) is 16.7. The normalized spacial score (nSPS) is 14.3. The van der Waals surface area contributed by atoms with Crippen LogP contribution in [0.2, 0.25) is 0 Å². The minimum atomic E-state index is -1.23. The average molecular weight is 482 g/mol. The molecule has 0 aliphatic heterocycles. The highest BCUT2D eigenvalue weighted by molar-refractivity contribution is 7.98. The summed E-state index contributed by atoms with van der Waals surface area (Å²) in [4.78, 5) is 60.1. The van der Waals surface area contributed by atoms with Gasteiger partial charge >= 0.3 is 5.97 Å². The third kappa shape index (κ3) is 10.4. The van der Waals surface area contributed by atoms with Crippen LogP contribution in [-0.2, 0) is 30.4 Å². The number of hydrogen-bond acceptors (Lipinski definition) is 7. The summed E-state index contributed by atoms with van der Waals surface area (Å²) in [6.07, 6.45) is 1.76. The molecular formula is C21H31N5O6S. The van der Waals surface area contributed by atoms with Gasteiger partial charge in [0, 0.05) is 6.42 Å². The standard InChI is InChI=1S/C21H31N5O6S/c1-12(18(28)25-15(21(31)32)8-9-33-2)24-20(30)16(10-13-6-4-3-5-7-13)26-19(29)14(22)11-17(23)27/h3-7,12,14-16H,8-11,22H2,1-2H3,(H2,23,27)(H,24,30)(H,25,28)(H,26,29)(H,31,32). The molecule has 1 rings (SSSR count). The maximum absolute atomic E-state index is 12.9. The molecule has 0 fully saturated rings. The third-order valence-corrected chi connectivity index (χ3v) is 5.29. The molecule has 1 aromatic rings. The summed E-state index contributed by atoms with van der Waals surface area (Å²) in [6.45, 7) is 1.40. The van der Waals surface area contributed by atoms with Gasteiger partial charge in [0.1, 0.15) is 18.1 Å². The van der Waals surface area contributed by atoms with Gasteiger partial charge in [0.05, 0.1) is 12.5 Å². The lowest BCUT2D eigenvalue weighted by atomic mass is 10.0. The summed E-state index contributed by atoms with van der Waals surface area (Å²) in [5.74, 6) is -3.49. The largest absolute Gasteiger partial charge is 0.480 e. The molecule has 1 aromatic carbocycles. The molecule has 4 amide bonds. The molecule has 0 saturated heterocycles. The molecule has 11 nitrogen and oxygen atoms in total. The molecule has 33 heavy (non-hydrogen) atoms. The van der Waals surface area contributed by atoms with E-state index >= 15 is 0 Å². The Kier molecular flexibility index (Phi) is 11.9. The van der Waals surface area contributed by atoms with Gasteiger partial charge in [-0.25, -0.2) is 4.79 Å². The minimum absolute atomic E-state index is 0.0987. The SMILES string of the molecule is CSCCC(NC(=O)C(C)NC(=O)C(Cc1ccccc1)NC(=O)C(N)CC(N)=O)C(=O)O. The molecule has 4 unspecified atom stereocenters. The maximum atomic E-state index is 12.9. The fourth-order valence-electron chi connectivity index (χ4n) is 2.82. The van der Waals surface area contributed by atoms with Gasteiger partial charge in [-0.15, -0.1) is 0 Å². The number of carbonyl (C=O) groups excluding carboxylic acids is 4. The Bertz CT molecular complexity index is 838. The molecule has 12 heteroatoms. The number of hydrogen-bond donors (Lipinski definition) is 6. The number of carbonyl (C=O) groups is 5. The predicted octanol–water partition coefficient (Wildman–Crippen LogP) is -1.26. The van der Waals surface area contributed by atoms with Crippen LogP contribution in [0.5, 0.6) is 0 Å². The van der Waals surface area contributed by atoms with Crippen LogP contribution in [-0.4, -0.2) is 70.9 Å². The number of carboxylic acids is 1. The average Bonchev–Trinajstić information content (AvgIpc) is 2.75. The predicted molar refractivity (Wildman–Crippen MR) is 124 cm³/mol. The van der Waals surface area contributed by atoms with Crippen LogP contribution in [0.4, 0.5) is 0 Å². The van der Waals surface area contributed by atoms with Crippen LogP contribution >= 0.6 is 11.8 Å². The fraction of sp³-hybridized carbons (Fsp3) is 0.476. The molecule has 0 radical (unpaired) electrons. The summed E-state index contributed by atoms with van der Waals surface area (Å²) >= 11 is 1.45. The Morgan fingerprint density at radius 1 is 0.970 bits per heavy atom. The number of benzene rings is 1. The zero-order valence-electron chi connectivity index (χ0n) is 18.6. The molecule has 0 bridgehead atoms. The summed E-state index contributed by atoms with van der Waals surface area (Å²) in [5.41, 5.74) is 11.5. The molecule has 0 spiro atoms. The Morgan fingerprint density at radius 2 is 1.58 bits per heavy atom. The van der Waals surface area contributed by atoms with E-state index in [1.807, 2.05) is 6.26 Å². The van der Waals surface area contributed by atoms with Gasteiger partial charge in [-0.1, -0.05) is 30.3 Å². The zero-order chi connectivity index (χ0) is 25.0. The van der Waals surface area contributed by atoms with E-state index < -0.39 is 60.2 Å². The molecule has 182 valence electrons. The molecule has 0 aliphatic rings. The van der Waals surface area contributed by atoms with Crippen LogP contribution in [0, 0.1) is 0 Å². The van der Waals surface area contributed by atoms with Gasteiger partial charge < -0.3 is 32.5 Å². The number of amides is 4. The van der Waals surface area contributed by atoms with Crippen molar-refractivity contribution in [2.24, 2.45) is 11.5 Å². The first-order chi connectivity index (χ1) is 15.5. The number of aliphatic carboxylic acids is 1. The van der Waals surface area contributed by atoms with E-state index in [0.29, 0.717) is 5.75 Å². The van der Waals surface area contributed by atoms with E-state index in [1.54, 1.807) is 30.3 Å². The molecule has 0 heterocycles. The highest BCUT2D eigenvalue weighted by Crippen LogP contribution is 2.06. The van der Waals surface area contributed by atoms with E-state index in [0.717, 1.165) is 5.56 Å². The van der Waals surface area contributed by atoms with Crippen LogP contribution in [0.15, 0.2) is 30.3 Å². The van der Waals surface area contributed by atoms with Crippen molar-refractivity contribution in [1.82, 2.24) is 16.0 Å².